The standard InChI is InChI=1S/C6H12O.C5H10O2/c1-5-2-3-6(7)4-5;6-4-1-2-5(7)3-4/h5-7H,2-4H2,1H3;4-7H,1-3H2. The maximum absolute atomic E-state index is 8.90. The highest BCUT2D eigenvalue weighted by Crippen LogP contribution is 2.23. The molecule has 4 atom stereocenters. The van der Waals surface area contributed by atoms with E-state index in [9.17, 15) is 0 Å². The van der Waals surface area contributed by atoms with E-state index in [-0.39, 0.29) is 18.3 Å². The van der Waals surface area contributed by atoms with Gasteiger partial charge in [-0.25, -0.2) is 0 Å². The third-order valence-electron chi connectivity index (χ3n) is 3.04. The number of aliphatic hydroxyl groups is 3. The minimum atomic E-state index is -0.227. The summed E-state index contributed by atoms with van der Waals surface area (Å²) in [4.78, 5) is 0. The highest BCUT2D eigenvalue weighted by Gasteiger charge is 2.19. The van der Waals surface area contributed by atoms with Crippen molar-refractivity contribution in [2.24, 2.45) is 5.92 Å². The van der Waals surface area contributed by atoms with Crippen molar-refractivity contribution < 1.29 is 15.3 Å². The Labute approximate surface area is 85.8 Å². The highest BCUT2D eigenvalue weighted by molar-refractivity contribution is 4.72. The van der Waals surface area contributed by atoms with Gasteiger partial charge in [-0.2, -0.15) is 0 Å². The van der Waals surface area contributed by atoms with E-state index >= 15 is 0 Å². The molecule has 4 unspecified atom stereocenters. The Bertz CT molecular complexity index is 127. The predicted molar refractivity (Wildman–Crippen MR) is 54.9 cm³/mol. The maximum Gasteiger partial charge on any atom is 0.0565 e. The van der Waals surface area contributed by atoms with Crippen LogP contribution in [0.5, 0.6) is 0 Å². The molecule has 0 bridgehead atoms. The summed E-state index contributed by atoms with van der Waals surface area (Å²) in [5.74, 6) is 0.773. The van der Waals surface area contributed by atoms with Crippen molar-refractivity contribution in [1.29, 1.82) is 0 Å². The SMILES string of the molecule is CC1CCC(O)C1.OC1CCC(O)C1. The fourth-order valence-corrected chi connectivity index (χ4v) is 2.11. The first-order valence-corrected chi connectivity index (χ1v) is 5.62. The summed E-state index contributed by atoms with van der Waals surface area (Å²) in [6.45, 7) is 2.19. The summed E-state index contributed by atoms with van der Waals surface area (Å²) in [5, 5.41) is 26.4. The molecule has 0 radical (unpaired) electrons. The van der Waals surface area contributed by atoms with Crippen LogP contribution in [-0.2, 0) is 0 Å². The van der Waals surface area contributed by atoms with Gasteiger partial charge < -0.3 is 15.3 Å². The first-order chi connectivity index (χ1) is 6.58. The van der Waals surface area contributed by atoms with Gasteiger partial charge in [0.05, 0.1) is 18.3 Å². The third-order valence-corrected chi connectivity index (χ3v) is 3.04. The predicted octanol–water partition coefficient (Wildman–Crippen LogP) is 1.06. The monoisotopic (exact) mass is 202 g/mol. The summed E-state index contributed by atoms with van der Waals surface area (Å²) >= 11 is 0. The Hall–Kier alpha value is -0.120. The van der Waals surface area contributed by atoms with Crippen LogP contribution in [0.3, 0.4) is 0 Å². The first kappa shape index (κ1) is 12.0. The summed E-state index contributed by atoms with van der Waals surface area (Å²) in [6.07, 6.45) is 4.99. The molecular formula is C11H22O3. The van der Waals surface area contributed by atoms with E-state index in [4.69, 9.17) is 15.3 Å². The summed E-state index contributed by atoms with van der Waals surface area (Å²) in [6, 6.07) is 0. The molecule has 0 spiro atoms. The van der Waals surface area contributed by atoms with Crippen molar-refractivity contribution >= 4 is 0 Å². The third kappa shape index (κ3) is 4.40. The van der Waals surface area contributed by atoms with Crippen LogP contribution in [-0.4, -0.2) is 33.6 Å². The second-order valence-corrected chi connectivity index (χ2v) is 4.69. The first-order valence-electron chi connectivity index (χ1n) is 5.62. The molecule has 0 heterocycles. The topological polar surface area (TPSA) is 60.7 Å². The average Bonchev–Trinajstić information content (AvgIpc) is 2.63. The molecule has 0 aliphatic heterocycles. The smallest absolute Gasteiger partial charge is 0.0565 e. The van der Waals surface area contributed by atoms with Gasteiger partial charge in [0.2, 0.25) is 0 Å². The van der Waals surface area contributed by atoms with E-state index in [1.807, 2.05) is 0 Å². The Morgan fingerprint density at radius 1 is 0.714 bits per heavy atom. The van der Waals surface area contributed by atoms with Crippen molar-refractivity contribution in [3.05, 3.63) is 0 Å². The minimum Gasteiger partial charge on any atom is -0.393 e. The Morgan fingerprint density at radius 3 is 1.29 bits per heavy atom. The highest BCUT2D eigenvalue weighted by atomic mass is 16.3. The molecule has 84 valence electrons. The molecule has 0 aromatic rings. The van der Waals surface area contributed by atoms with Crippen LogP contribution in [0.2, 0.25) is 0 Å². The fraction of sp³-hybridized carbons (Fsp3) is 1.00. The van der Waals surface area contributed by atoms with Crippen molar-refractivity contribution in [3.8, 4) is 0 Å². The van der Waals surface area contributed by atoms with Crippen LogP contribution < -0.4 is 0 Å². The van der Waals surface area contributed by atoms with Gasteiger partial charge in [0.15, 0.2) is 0 Å². The van der Waals surface area contributed by atoms with Gasteiger partial charge in [-0.3, -0.25) is 0 Å². The molecule has 3 nitrogen and oxygen atoms in total. The summed E-state index contributed by atoms with van der Waals surface area (Å²) in [5.41, 5.74) is 0. The molecule has 2 fully saturated rings. The van der Waals surface area contributed by atoms with E-state index in [1.165, 1.54) is 6.42 Å². The lowest BCUT2D eigenvalue weighted by Crippen LogP contribution is -2.02. The number of rotatable bonds is 0. The summed E-state index contributed by atoms with van der Waals surface area (Å²) in [7, 11) is 0. The lowest BCUT2D eigenvalue weighted by Gasteiger charge is -1.95. The van der Waals surface area contributed by atoms with Gasteiger partial charge in [0, 0.05) is 0 Å². The molecule has 3 heteroatoms. The molecule has 2 saturated carbocycles. The lowest BCUT2D eigenvalue weighted by molar-refractivity contribution is 0.137. The molecule has 0 amide bonds. The van der Waals surface area contributed by atoms with Crippen molar-refractivity contribution in [3.63, 3.8) is 0 Å². The molecular weight excluding hydrogens is 180 g/mol. The zero-order valence-corrected chi connectivity index (χ0v) is 8.89. The normalized spacial score (nSPS) is 42.0. The largest absolute Gasteiger partial charge is 0.393 e. The minimum absolute atomic E-state index is 0.0231. The van der Waals surface area contributed by atoms with Gasteiger partial charge in [0.25, 0.3) is 0 Å². The van der Waals surface area contributed by atoms with Crippen molar-refractivity contribution in [2.45, 2.75) is 63.8 Å². The molecule has 0 saturated heterocycles. The van der Waals surface area contributed by atoms with Gasteiger partial charge in [-0.1, -0.05) is 6.92 Å². The van der Waals surface area contributed by atoms with E-state index < -0.39 is 0 Å². The second kappa shape index (κ2) is 5.69. The quantitative estimate of drug-likeness (QED) is 0.550. The van der Waals surface area contributed by atoms with Crippen LogP contribution in [0.1, 0.15) is 45.4 Å². The lowest BCUT2D eigenvalue weighted by atomic mass is 10.1. The molecule has 14 heavy (non-hydrogen) atoms. The Balaban J connectivity index is 0.000000140. The van der Waals surface area contributed by atoms with E-state index in [2.05, 4.69) is 6.92 Å². The van der Waals surface area contributed by atoms with Gasteiger partial charge in [0.1, 0.15) is 0 Å². The zero-order chi connectivity index (χ0) is 10.6. The molecule has 2 aliphatic carbocycles. The number of hydrogen-bond acceptors (Lipinski definition) is 3. The molecule has 0 aromatic carbocycles. The number of hydrogen-bond donors (Lipinski definition) is 3. The van der Waals surface area contributed by atoms with Gasteiger partial charge >= 0.3 is 0 Å². The maximum atomic E-state index is 8.90. The molecule has 0 aromatic heterocycles. The van der Waals surface area contributed by atoms with Crippen LogP contribution in [0.4, 0.5) is 0 Å². The average molecular weight is 202 g/mol. The molecule has 3 N–H and O–H groups in total. The second-order valence-electron chi connectivity index (χ2n) is 4.69. The Morgan fingerprint density at radius 2 is 1.14 bits per heavy atom. The van der Waals surface area contributed by atoms with Crippen LogP contribution >= 0.6 is 0 Å². The van der Waals surface area contributed by atoms with Crippen molar-refractivity contribution in [1.82, 2.24) is 0 Å². The van der Waals surface area contributed by atoms with Gasteiger partial charge in [-0.15, -0.1) is 0 Å². The van der Waals surface area contributed by atoms with Crippen LogP contribution in [0.25, 0.3) is 0 Å². The Kier molecular flexibility index (Phi) is 4.85. The molecule has 2 aliphatic rings. The van der Waals surface area contributed by atoms with Crippen LogP contribution in [0, 0.1) is 5.92 Å². The zero-order valence-electron chi connectivity index (χ0n) is 8.89. The van der Waals surface area contributed by atoms with E-state index in [0.29, 0.717) is 6.42 Å². The molecule has 2 rings (SSSR count). The van der Waals surface area contributed by atoms with Crippen molar-refractivity contribution in [2.75, 3.05) is 0 Å². The number of aliphatic hydroxyl groups excluding tert-OH is 3. The van der Waals surface area contributed by atoms with Gasteiger partial charge in [-0.05, 0) is 44.4 Å². The summed E-state index contributed by atoms with van der Waals surface area (Å²) < 4.78 is 0. The van der Waals surface area contributed by atoms with E-state index in [0.717, 1.165) is 31.6 Å². The van der Waals surface area contributed by atoms with E-state index in [1.54, 1.807) is 0 Å². The van der Waals surface area contributed by atoms with Crippen LogP contribution in [0.15, 0.2) is 0 Å². The fourth-order valence-electron chi connectivity index (χ4n) is 2.11.